The first-order chi connectivity index (χ1) is 59.5. The van der Waals surface area contributed by atoms with Crippen molar-refractivity contribution in [2.75, 3.05) is 73.7 Å². The molecule has 4 amide bonds. The zero-order chi connectivity index (χ0) is 82.1. The molecular formula is C92H81N23O6. The molecule has 8 N–H and O–H groups in total. The van der Waals surface area contributed by atoms with Gasteiger partial charge in [-0.25, -0.2) is 0 Å². The molecule has 29 heteroatoms. The maximum atomic E-state index is 12.8. The molecule has 17 aromatic rings. The van der Waals surface area contributed by atoms with Crippen molar-refractivity contribution in [3.63, 3.8) is 0 Å². The molecule has 3 fully saturated rings. The number of carbonyl (C=O) groups is 4. The number of nitrogens with zero attached hydrogens (tertiary/aromatic N) is 15. The molecule has 0 saturated carbocycles. The molecule has 0 unspecified atom stereocenters. The second kappa shape index (κ2) is 37.3. The molecule has 20 rings (SSSR count). The lowest BCUT2D eigenvalue weighted by Crippen LogP contribution is -2.36. The number of morpholine rings is 1. The van der Waals surface area contributed by atoms with Gasteiger partial charge in [-0.2, -0.15) is 20.4 Å². The van der Waals surface area contributed by atoms with Crippen LogP contribution in [0.25, 0.3) is 88.1 Å². The van der Waals surface area contributed by atoms with E-state index in [1.165, 1.54) is 30.4 Å². The van der Waals surface area contributed by atoms with E-state index < -0.39 is 0 Å². The van der Waals surface area contributed by atoms with E-state index in [0.29, 0.717) is 51.3 Å². The summed E-state index contributed by atoms with van der Waals surface area (Å²) in [5.41, 5.74) is 18.7. The fraction of sp³-hybridized carbons (Fsp3) is 0.152. The van der Waals surface area contributed by atoms with E-state index >= 15 is 0 Å². The molecule has 0 spiro atoms. The van der Waals surface area contributed by atoms with Crippen LogP contribution in [0.15, 0.2) is 275 Å². The zero-order valence-electron chi connectivity index (χ0n) is 65.5. The number of likely N-dealkylation sites (tertiary alicyclic amines) is 2. The third-order valence-corrected chi connectivity index (χ3v) is 20.7. The molecule has 5 aromatic carbocycles. The van der Waals surface area contributed by atoms with Gasteiger partial charge >= 0.3 is 0 Å². The summed E-state index contributed by atoms with van der Waals surface area (Å²) in [6.07, 6.45) is 31.6. The summed E-state index contributed by atoms with van der Waals surface area (Å²) in [7, 11) is 0. The molecule has 600 valence electrons. The summed E-state index contributed by atoms with van der Waals surface area (Å²) in [5, 5.41) is 43.1. The van der Waals surface area contributed by atoms with Crippen molar-refractivity contribution < 1.29 is 28.7 Å². The molecule has 0 bridgehead atoms. The van der Waals surface area contributed by atoms with Crippen LogP contribution in [-0.2, 0) is 24.4 Å². The van der Waals surface area contributed by atoms with Gasteiger partial charge in [-0.3, -0.25) is 94.1 Å². The number of anilines is 4. The number of fused-ring (bicyclic) bond motifs is 4. The Hall–Kier alpha value is -15.3. The fourth-order valence-corrected chi connectivity index (χ4v) is 14.4. The molecule has 121 heavy (non-hydrogen) atoms. The number of rotatable bonds is 20. The maximum absolute atomic E-state index is 12.8. The van der Waals surface area contributed by atoms with Gasteiger partial charge in [-0.15, -0.1) is 0 Å². The van der Waals surface area contributed by atoms with Crippen LogP contribution in [0.3, 0.4) is 0 Å². The first-order valence-corrected chi connectivity index (χ1v) is 39.6. The van der Waals surface area contributed by atoms with Crippen LogP contribution in [0, 0.1) is 0 Å². The third-order valence-electron chi connectivity index (χ3n) is 20.7. The average molecular weight is 1600 g/mol. The van der Waals surface area contributed by atoms with Gasteiger partial charge in [0.2, 0.25) is 0 Å². The van der Waals surface area contributed by atoms with Crippen LogP contribution >= 0.6 is 0 Å². The molecule has 15 heterocycles. The standard InChI is InChI=1S/C24H17N5O2.C23H22N6O2.C23H22N6O.C22H20N6O/c30-24(27-18-8-10-25-11-9-18)23-21-13-16(6-7-22(21)28-29-23)17-12-20(15-26-14-17)31-19-4-2-1-3-5-19;30-23(26-19-3-5-24-6-4-19)22-20-12-17(1-2-21(20)27-28-22)18-11-16(13-25-14-18)15-29-7-9-31-10-8-29;30-23(26-19-5-7-24-8-6-19)22-20-12-17(3-4-21(20)27-28-22)18-11-16(13-25-14-18)15-29-9-1-2-10-29;29-22(25-18-4-6-23-7-5-18)21-19-11-16(2-3-20(19)26-27-21)17-10-15(12-24-13-17)14-28-8-1-9-28/h1-15H,(H,28,29)(H,25,27,30);1-6,11-14H,7-10,15H2,(H,27,28)(H,24,26,30);3-8,11-14H,1-2,9-10,15H2,(H,27,28)(H,24,26,30);2-7,10-13H,1,8-9,14H2,(H,26,27)(H,23,25,29). The lowest BCUT2D eigenvalue weighted by atomic mass is 10.0. The van der Waals surface area contributed by atoms with E-state index in [9.17, 15) is 19.2 Å². The van der Waals surface area contributed by atoms with Crippen LogP contribution in [0.5, 0.6) is 11.5 Å². The molecule has 0 aliphatic carbocycles. The van der Waals surface area contributed by atoms with Gasteiger partial charge in [0.15, 0.2) is 22.8 Å². The lowest BCUT2D eigenvalue weighted by molar-refractivity contribution is 0.0341. The number of benzene rings is 5. The summed E-state index contributed by atoms with van der Waals surface area (Å²) >= 11 is 0. The summed E-state index contributed by atoms with van der Waals surface area (Å²) in [4.78, 5) is 91.7. The van der Waals surface area contributed by atoms with Gasteiger partial charge in [0.25, 0.3) is 23.6 Å². The number of aromatic nitrogens is 16. The minimum absolute atomic E-state index is 0.259. The molecule has 12 aromatic heterocycles. The van der Waals surface area contributed by atoms with Crippen molar-refractivity contribution in [3.8, 4) is 56.0 Å². The van der Waals surface area contributed by atoms with Gasteiger partial charge in [0, 0.05) is 192 Å². The van der Waals surface area contributed by atoms with Crippen molar-refractivity contribution in [1.29, 1.82) is 0 Å². The van der Waals surface area contributed by atoms with Gasteiger partial charge < -0.3 is 30.7 Å². The molecule has 0 radical (unpaired) electrons. The largest absolute Gasteiger partial charge is 0.456 e. The van der Waals surface area contributed by atoms with Crippen molar-refractivity contribution in [1.82, 2.24) is 95.4 Å². The Morgan fingerprint density at radius 1 is 0.306 bits per heavy atom. The highest BCUT2D eigenvalue weighted by atomic mass is 16.5. The number of carbonyl (C=O) groups excluding carboxylic acids is 4. The Morgan fingerprint density at radius 3 is 0.934 bits per heavy atom. The minimum atomic E-state index is -0.297. The predicted octanol–water partition coefficient (Wildman–Crippen LogP) is 15.5. The second-order valence-corrected chi connectivity index (χ2v) is 29.2. The van der Waals surface area contributed by atoms with E-state index in [2.05, 4.69) is 135 Å². The first kappa shape index (κ1) is 78.2. The van der Waals surface area contributed by atoms with E-state index in [1.807, 2.05) is 146 Å². The Bertz CT molecular complexity index is 6460. The third kappa shape index (κ3) is 19.5. The van der Waals surface area contributed by atoms with Crippen molar-refractivity contribution >= 4 is 90.0 Å². The summed E-state index contributed by atoms with van der Waals surface area (Å²) < 4.78 is 11.3. The van der Waals surface area contributed by atoms with Gasteiger partial charge in [-0.1, -0.05) is 42.5 Å². The van der Waals surface area contributed by atoms with E-state index in [0.717, 1.165) is 172 Å². The summed E-state index contributed by atoms with van der Waals surface area (Å²) in [6, 6.07) is 55.5. The molecule has 3 aliphatic heterocycles. The molecule has 3 aliphatic rings. The highest BCUT2D eigenvalue weighted by molar-refractivity contribution is 6.14. The summed E-state index contributed by atoms with van der Waals surface area (Å²) in [5.74, 6) is 0.283. The second-order valence-electron chi connectivity index (χ2n) is 29.2. The Labute approximate surface area is 693 Å². The van der Waals surface area contributed by atoms with Crippen LogP contribution in [0.1, 0.15) is 77.9 Å². The van der Waals surface area contributed by atoms with Gasteiger partial charge in [0.1, 0.15) is 11.5 Å². The quantitative estimate of drug-likeness (QED) is 0.0351. The topological polar surface area (TPSA) is 362 Å². The van der Waals surface area contributed by atoms with Crippen molar-refractivity contribution in [2.45, 2.75) is 38.9 Å². The highest BCUT2D eigenvalue weighted by Crippen LogP contribution is 2.34. The first-order valence-electron chi connectivity index (χ1n) is 39.6. The van der Waals surface area contributed by atoms with Crippen molar-refractivity contribution in [2.24, 2.45) is 0 Å². The molecule has 0 atom stereocenters. The molecule has 29 nitrogen and oxygen atoms in total. The average Bonchev–Trinajstić information content (AvgIpc) is 1.70. The number of nitrogens with one attached hydrogen (secondary N) is 8. The van der Waals surface area contributed by atoms with Crippen LogP contribution < -0.4 is 26.0 Å². The monoisotopic (exact) mass is 1600 g/mol. The maximum Gasteiger partial charge on any atom is 0.276 e. The van der Waals surface area contributed by atoms with E-state index in [4.69, 9.17) is 9.47 Å². The number of pyridine rings is 8. The zero-order valence-corrected chi connectivity index (χ0v) is 65.5. The molecular weight excluding hydrogens is 1520 g/mol. The lowest BCUT2D eigenvalue weighted by Gasteiger charge is -2.30. The number of para-hydroxylation sites is 1. The predicted molar refractivity (Wildman–Crippen MR) is 463 cm³/mol. The minimum Gasteiger partial charge on any atom is -0.456 e. The number of amides is 4. The highest BCUT2D eigenvalue weighted by Gasteiger charge is 2.23. The fourth-order valence-electron chi connectivity index (χ4n) is 14.4. The smallest absolute Gasteiger partial charge is 0.276 e. The van der Waals surface area contributed by atoms with Gasteiger partial charge in [0.05, 0.1) is 41.5 Å². The SMILES string of the molecule is O=C(Nc1ccncc1)c1n[nH]c2ccc(-c3cncc(CN4CCC4)c3)cc12.O=C(Nc1ccncc1)c1n[nH]c2ccc(-c3cncc(CN4CCCC4)c3)cc12.O=C(Nc1ccncc1)c1n[nH]c2ccc(-c3cncc(CN4CCOCC4)c3)cc12.O=C(Nc1ccncc1)c1n[nH]c2ccc(-c3cncc(Oc4ccccc4)c3)cc12. The van der Waals surface area contributed by atoms with Crippen LogP contribution in [0.4, 0.5) is 22.7 Å². The van der Waals surface area contributed by atoms with E-state index in [1.54, 1.807) is 110 Å². The normalized spacial score (nSPS) is 13.4. The summed E-state index contributed by atoms with van der Waals surface area (Å²) in [6.45, 7) is 10.7. The van der Waals surface area contributed by atoms with Gasteiger partial charge in [-0.05, 0) is 218 Å². The molecule has 3 saturated heterocycles. The number of ether oxygens (including phenoxy) is 2. The number of hydrogen-bond donors (Lipinski definition) is 8. The van der Waals surface area contributed by atoms with E-state index in [-0.39, 0.29) is 23.6 Å². The van der Waals surface area contributed by atoms with Crippen LogP contribution in [-0.4, -0.2) is 171 Å². The Balaban J connectivity index is 0.000000115. The van der Waals surface area contributed by atoms with Crippen LogP contribution in [0.2, 0.25) is 0 Å². The Morgan fingerprint density at radius 2 is 0.612 bits per heavy atom. The number of aromatic amines is 4. The number of hydrogen-bond acceptors (Lipinski definition) is 21. The Kier molecular flexibility index (Phi) is 24.1. The number of H-pyrrole nitrogens is 4. The van der Waals surface area contributed by atoms with Crippen molar-refractivity contribution in [3.05, 3.63) is 315 Å².